The first-order chi connectivity index (χ1) is 9.72. The van der Waals surface area contributed by atoms with Gasteiger partial charge in [-0.25, -0.2) is 4.79 Å². The van der Waals surface area contributed by atoms with Crippen LogP contribution in [0.5, 0.6) is 0 Å². The number of hydrogen-bond acceptors (Lipinski definition) is 4. The van der Waals surface area contributed by atoms with E-state index >= 15 is 0 Å². The zero-order valence-corrected chi connectivity index (χ0v) is 12.1. The molecule has 1 aromatic heterocycles. The van der Waals surface area contributed by atoms with Crippen LogP contribution in [0.4, 0.5) is 5.69 Å². The number of aromatic carboxylic acids is 1. The summed E-state index contributed by atoms with van der Waals surface area (Å²) in [4.78, 5) is 12.2. The standard InChI is InChI=1S/C14H17N3O2S/c1-2-20-12-6-3-5-11(13(12)14(18)19)15-8-10-17-9-4-7-16-17/h3-7,9,15H,2,8,10H2,1H3,(H,18,19). The molecule has 0 atom stereocenters. The number of thioether (sulfide) groups is 1. The third-order valence-electron chi connectivity index (χ3n) is 2.76. The van der Waals surface area contributed by atoms with E-state index in [0.717, 1.165) is 10.6 Å². The van der Waals surface area contributed by atoms with E-state index in [1.807, 2.05) is 31.3 Å². The van der Waals surface area contributed by atoms with E-state index in [0.29, 0.717) is 24.3 Å². The molecule has 0 bridgehead atoms. The lowest BCUT2D eigenvalue weighted by Gasteiger charge is -2.12. The summed E-state index contributed by atoms with van der Waals surface area (Å²) in [6.07, 6.45) is 3.60. The largest absolute Gasteiger partial charge is 0.478 e. The van der Waals surface area contributed by atoms with E-state index in [1.54, 1.807) is 16.9 Å². The number of anilines is 1. The Balaban J connectivity index is 2.09. The molecule has 2 rings (SSSR count). The van der Waals surface area contributed by atoms with Crippen molar-refractivity contribution in [2.24, 2.45) is 0 Å². The highest BCUT2D eigenvalue weighted by molar-refractivity contribution is 7.99. The lowest BCUT2D eigenvalue weighted by Crippen LogP contribution is -2.13. The Bertz CT molecular complexity index is 570. The van der Waals surface area contributed by atoms with E-state index in [1.165, 1.54) is 11.8 Å². The van der Waals surface area contributed by atoms with E-state index < -0.39 is 5.97 Å². The minimum Gasteiger partial charge on any atom is -0.478 e. The Morgan fingerprint density at radius 3 is 2.95 bits per heavy atom. The first-order valence-corrected chi connectivity index (χ1v) is 7.41. The van der Waals surface area contributed by atoms with Crippen molar-refractivity contribution in [3.63, 3.8) is 0 Å². The average Bonchev–Trinajstić information content (AvgIpc) is 2.92. The summed E-state index contributed by atoms with van der Waals surface area (Å²) in [6, 6.07) is 7.38. The van der Waals surface area contributed by atoms with Crippen molar-refractivity contribution in [2.45, 2.75) is 18.4 Å². The molecule has 0 fully saturated rings. The van der Waals surface area contributed by atoms with Crippen LogP contribution in [0, 0.1) is 0 Å². The second-order valence-corrected chi connectivity index (χ2v) is 5.42. The van der Waals surface area contributed by atoms with E-state index in [2.05, 4.69) is 10.4 Å². The van der Waals surface area contributed by atoms with Crippen LogP contribution in [0.2, 0.25) is 0 Å². The molecule has 0 aliphatic heterocycles. The molecule has 0 radical (unpaired) electrons. The van der Waals surface area contributed by atoms with Crippen LogP contribution in [-0.2, 0) is 6.54 Å². The topological polar surface area (TPSA) is 67.2 Å². The highest BCUT2D eigenvalue weighted by atomic mass is 32.2. The average molecular weight is 291 g/mol. The van der Waals surface area contributed by atoms with Gasteiger partial charge in [-0.05, 0) is 24.0 Å². The monoisotopic (exact) mass is 291 g/mol. The van der Waals surface area contributed by atoms with Gasteiger partial charge in [0, 0.05) is 29.5 Å². The molecule has 0 spiro atoms. The van der Waals surface area contributed by atoms with Gasteiger partial charge in [-0.1, -0.05) is 13.0 Å². The van der Waals surface area contributed by atoms with Crippen LogP contribution in [0.25, 0.3) is 0 Å². The lowest BCUT2D eigenvalue weighted by atomic mass is 10.2. The maximum Gasteiger partial charge on any atom is 0.338 e. The molecule has 0 aliphatic rings. The molecular weight excluding hydrogens is 274 g/mol. The molecule has 2 N–H and O–H groups in total. The quantitative estimate of drug-likeness (QED) is 0.768. The van der Waals surface area contributed by atoms with Crippen LogP contribution in [0.1, 0.15) is 17.3 Å². The summed E-state index contributed by atoms with van der Waals surface area (Å²) in [5.74, 6) is -0.0556. The fraction of sp³-hybridized carbons (Fsp3) is 0.286. The van der Waals surface area contributed by atoms with Crippen LogP contribution in [0.15, 0.2) is 41.6 Å². The van der Waals surface area contributed by atoms with Gasteiger partial charge in [0.25, 0.3) is 0 Å². The molecule has 0 aliphatic carbocycles. The summed E-state index contributed by atoms with van der Waals surface area (Å²) >= 11 is 1.54. The van der Waals surface area contributed by atoms with Crippen LogP contribution in [0.3, 0.4) is 0 Å². The van der Waals surface area contributed by atoms with E-state index in [9.17, 15) is 9.90 Å². The molecular formula is C14H17N3O2S. The smallest absolute Gasteiger partial charge is 0.338 e. The Kier molecular flexibility index (Phi) is 5.06. The van der Waals surface area contributed by atoms with Gasteiger partial charge in [0.15, 0.2) is 0 Å². The number of nitrogens with zero attached hydrogens (tertiary/aromatic N) is 2. The summed E-state index contributed by atoms with van der Waals surface area (Å²) in [6.45, 7) is 3.33. The van der Waals surface area contributed by atoms with Crippen LogP contribution in [-0.4, -0.2) is 33.2 Å². The fourth-order valence-corrected chi connectivity index (χ4v) is 2.74. The lowest BCUT2D eigenvalue weighted by molar-refractivity contribution is 0.0694. The van der Waals surface area contributed by atoms with Gasteiger partial charge in [-0.3, -0.25) is 4.68 Å². The Morgan fingerprint density at radius 1 is 1.45 bits per heavy atom. The number of carbonyl (C=O) groups is 1. The minimum atomic E-state index is -0.900. The second-order valence-electron chi connectivity index (χ2n) is 4.11. The fourth-order valence-electron chi connectivity index (χ4n) is 1.91. The molecule has 106 valence electrons. The number of rotatable bonds is 7. The molecule has 20 heavy (non-hydrogen) atoms. The Hall–Kier alpha value is -1.95. The second kappa shape index (κ2) is 7.00. The maximum atomic E-state index is 11.4. The van der Waals surface area contributed by atoms with Crippen molar-refractivity contribution in [1.82, 2.24) is 9.78 Å². The Morgan fingerprint density at radius 2 is 2.30 bits per heavy atom. The summed E-state index contributed by atoms with van der Waals surface area (Å²) in [5, 5.41) is 16.7. The highest BCUT2D eigenvalue weighted by Gasteiger charge is 2.15. The molecule has 0 unspecified atom stereocenters. The summed E-state index contributed by atoms with van der Waals surface area (Å²) < 4.78 is 1.80. The van der Waals surface area contributed by atoms with Crippen molar-refractivity contribution < 1.29 is 9.90 Å². The number of nitrogens with one attached hydrogen (secondary N) is 1. The number of aromatic nitrogens is 2. The number of carboxylic acids is 1. The third-order valence-corrected chi connectivity index (χ3v) is 3.70. The SMILES string of the molecule is CCSc1cccc(NCCn2cccn2)c1C(=O)O. The zero-order valence-electron chi connectivity index (χ0n) is 11.2. The Labute approximate surface area is 122 Å². The predicted octanol–water partition coefficient (Wildman–Crippen LogP) is 2.81. The van der Waals surface area contributed by atoms with Gasteiger partial charge in [-0.2, -0.15) is 5.10 Å². The first kappa shape index (κ1) is 14.5. The number of hydrogen-bond donors (Lipinski definition) is 2. The van der Waals surface area contributed by atoms with Gasteiger partial charge >= 0.3 is 5.97 Å². The zero-order chi connectivity index (χ0) is 14.4. The number of benzene rings is 1. The van der Waals surface area contributed by atoms with Crippen LogP contribution >= 0.6 is 11.8 Å². The normalized spacial score (nSPS) is 10.4. The minimum absolute atomic E-state index is 0.347. The molecule has 2 aromatic rings. The molecule has 1 heterocycles. The van der Waals surface area contributed by atoms with E-state index in [-0.39, 0.29) is 0 Å². The first-order valence-electron chi connectivity index (χ1n) is 6.42. The van der Waals surface area contributed by atoms with Gasteiger partial charge in [-0.15, -0.1) is 11.8 Å². The van der Waals surface area contributed by atoms with Crippen molar-refractivity contribution in [1.29, 1.82) is 0 Å². The molecule has 5 nitrogen and oxygen atoms in total. The van der Waals surface area contributed by atoms with Gasteiger partial charge < -0.3 is 10.4 Å². The van der Waals surface area contributed by atoms with Crippen LogP contribution < -0.4 is 5.32 Å². The maximum absolute atomic E-state index is 11.4. The molecule has 1 aromatic carbocycles. The van der Waals surface area contributed by atoms with Crippen molar-refractivity contribution in [3.8, 4) is 0 Å². The molecule has 0 saturated carbocycles. The highest BCUT2D eigenvalue weighted by Crippen LogP contribution is 2.28. The molecule has 6 heteroatoms. The van der Waals surface area contributed by atoms with Gasteiger partial charge in [0.05, 0.1) is 12.1 Å². The van der Waals surface area contributed by atoms with Crippen molar-refractivity contribution >= 4 is 23.4 Å². The van der Waals surface area contributed by atoms with E-state index in [4.69, 9.17) is 0 Å². The van der Waals surface area contributed by atoms with Crippen molar-refractivity contribution in [2.75, 3.05) is 17.6 Å². The summed E-state index contributed by atoms with van der Waals surface area (Å²) in [5.41, 5.74) is 1.00. The molecule has 0 saturated heterocycles. The number of carboxylic acid groups (broad SMARTS) is 1. The third kappa shape index (κ3) is 3.54. The van der Waals surface area contributed by atoms with Gasteiger partial charge in [0.2, 0.25) is 0 Å². The van der Waals surface area contributed by atoms with Crippen molar-refractivity contribution in [3.05, 3.63) is 42.2 Å². The van der Waals surface area contributed by atoms with Gasteiger partial charge in [0.1, 0.15) is 0 Å². The summed E-state index contributed by atoms with van der Waals surface area (Å²) in [7, 11) is 0. The predicted molar refractivity (Wildman–Crippen MR) is 80.5 cm³/mol. The molecule has 0 amide bonds.